The number of hydrogen-bond donors (Lipinski definition) is 0. The SMILES string of the molecule is CC(C)n1nnnc1COc1ccc(C(=O)N2CCN(c3ccc(F)cc3)CC2)cc1. The van der Waals surface area contributed by atoms with Gasteiger partial charge in [0.05, 0.1) is 6.04 Å². The van der Waals surface area contributed by atoms with Crippen molar-refractivity contribution < 1.29 is 13.9 Å². The second-order valence-corrected chi connectivity index (χ2v) is 7.70. The average Bonchev–Trinajstić information content (AvgIpc) is 3.27. The quantitative estimate of drug-likeness (QED) is 0.606. The first-order valence-corrected chi connectivity index (χ1v) is 10.3. The molecule has 0 spiro atoms. The summed E-state index contributed by atoms with van der Waals surface area (Å²) in [5.74, 6) is 1.04. The number of nitrogens with zero attached hydrogens (tertiary/aromatic N) is 6. The molecule has 0 saturated carbocycles. The maximum Gasteiger partial charge on any atom is 0.253 e. The van der Waals surface area contributed by atoms with Crippen molar-refractivity contribution in [3.05, 3.63) is 65.7 Å². The van der Waals surface area contributed by atoms with Gasteiger partial charge >= 0.3 is 0 Å². The van der Waals surface area contributed by atoms with Gasteiger partial charge in [0, 0.05) is 37.4 Å². The summed E-state index contributed by atoms with van der Waals surface area (Å²) >= 11 is 0. The van der Waals surface area contributed by atoms with Gasteiger partial charge in [-0.15, -0.1) is 5.10 Å². The van der Waals surface area contributed by atoms with E-state index >= 15 is 0 Å². The van der Waals surface area contributed by atoms with E-state index in [9.17, 15) is 9.18 Å². The summed E-state index contributed by atoms with van der Waals surface area (Å²) in [6.07, 6.45) is 0. The highest BCUT2D eigenvalue weighted by atomic mass is 19.1. The van der Waals surface area contributed by atoms with Gasteiger partial charge in [0.25, 0.3) is 5.91 Å². The number of hydrogen-bond acceptors (Lipinski definition) is 6. The summed E-state index contributed by atoms with van der Waals surface area (Å²) in [6, 6.07) is 13.7. The fourth-order valence-corrected chi connectivity index (χ4v) is 3.55. The number of anilines is 1. The zero-order valence-electron chi connectivity index (χ0n) is 17.6. The molecule has 9 heteroatoms. The Labute approximate surface area is 180 Å². The summed E-state index contributed by atoms with van der Waals surface area (Å²) in [5.41, 5.74) is 1.59. The normalized spacial score (nSPS) is 14.2. The molecule has 0 atom stereocenters. The van der Waals surface area contributed by atoms with Crippen molar-refractivity contribution in [1.82, 2.24) is 25.1 Å². The second kappa shape index (κ2) is 9.11. The van der Waals surface area contributed by atoms with Crippen molar-refractivity contribution in [3.8, 4) is 5.75 Å². The summed E-state index contributed by atoms with van der Waals surface area (Å²) in [4.78, 5) is 16.8. The zero-order valence-corrected chi connectivity index (χ0v) is 17.6. The second-order valence-electron chi connectivity index (χ2n) is 7.70. The van der Waals surface area contributed by atoms with E-state index < -0.39 is 0 Å². The van der Waals surface area contributed by atoms with Crippen LogP contribution in [0.2, 0.25) is 0 Å². The Hall–Kier alpha value is -3.49. The first-order chi connectivity index (χ1) is 15.0. The fraction of sp³-hybridized carbons (Fsp3) is 0.364. The minimum atomic E-state index is -0.247. The monoisotopic (exact) mass is 424 g/mol. The predicted octanol–water partition coefficient (Wildman–Crippen LogP) is 2.93. The van der Waals surface area contributed by atoms with E-state index in [1.165, 1.54) is 12.1 Å². The van der Waals surface area contributed by atoms with Crippen LogP contribution in [0.4, 0.5) is 10.1 Å². The van der Waals surface area contributed by atoms with Crippen LogP contribution < -0.4 is 9.64 Å². The Morgan fingerprint density at radius 3 is 2.35 bits per heavy atom. The average molecular weight is 424 g/mol. The van der Waals surface area contributed by atoms with Gasteiger partial charge < -0.3 is 14.5 Å². The van der Waals surface area contributed by atoms with Gasteiger partial charge in [0.2, 0.25) is 0 Å². The van der Waals surface area contributed by atoms with Crippen molar-refractivity contribution in [2.75, 3.05) is 31.1 Å². The molecule has 1 aliphatic heterocycles. The Morgan fingerprint density at radius 1 is 1.03 bits per heavy atom. The van der Waals surface area contributed by atoms with E-state index in [0.717, 1.165) is 5.69 Å². The van der Waals surface area contributed by atoms with E-state index in [1.54, 1.807) is 41.1 Å². The van der Waals surface area contributed by atoms with E-state index in [0.29, 0.717) is 43.3 Å². The van der Waals surface area contributed by atoms with Crippen LogP contribution in [0.1, 0.15) is 36.1 Å². The maximum absolute atomic E-state index is 13.1. The first-order valence-electron chi connectivity index (χ1n) is 10.3. The van der Waals surface area contributed by atoms with Crippen LogP contribution in [-0.4, -0.2) is 57.2 Å². The van der Waals surface area contributed by atoms with Crippen molar-refractivity contribution >= 4 is 11.6 Å². The number of ether oxygens (including phenoxy) is 1. The molecule has 1 aromatic heterocycles. The summed E-state index contributed by atoms with van der Waals surface area (Å²) < 4.78 is 20.6. The summed E-state index contributed by atoms with van der Waals surface area (Å²) in [6.45, 7) is 6.91. The van der Waals surface area contributed by atoms with Crippen molar-refractivity contribution in [3.63, 3.8) is 0 Å². The molecular formula is C22H25FN6O2. The molecule has 4 rings (SSSR count). The smallest absolute Gasteiger partial charge is 0.253 e. The topological polar surface area (TPSA) is 76.4 Å². The number of benzene rings is 2. The third kappa shape index (κ3) is 4.82. The number of piperazine rings is 1. The lowest BCUT2D eigenvalue weighted by atomic mass is 10.1. The van der Waals surface area contributed by atoms with Crippen LogP contribution in [0.15, 0.2) is 48.5 Å². The van der Waals surface area contributed by atoms with E-state index in [-0.39, 0.29) is 24.4 Å². The Balaban J connectivity index is 1.31. The molecule has 0 unspecified atom stereocenters. The molecule has 8 nitrogen and oxygen atoms in total. The molecule has 0 aliphatic carbocycles. The zero-order chi connectivity index (χ0) is 21.8. The maximum atomic E-state index is 13.1. The Bertz CT molecular complexity index is 1010. The van der Waals surface area contributed by atoms with Crippen LogP contribution in [0, 0.1) is 5.82 Å². The molecule has 2 aromatic carbocycles. The van der Waals surface area contributed by atoms with E-state index in [2.05, 4.69) is 20.4 Å². The number of carbonyl (C=O) groups is 1. The van der Waals surface area contributed by atoms with Crippen molar-refractivity contribution in [2.45, 2.75) is 26.5 Å². The fourth-order valence-electron chi connectivity index (χ4n) is 3.55. The minimum Gasteiger partial charge on any atom is -0.486 e. The number of carbonyl (C=O) groups excluding carboxylic acids is 1. The van der Waals surface area contributed by atoms with Gasteiger partial charge in [-0.3, -0.25) is 4.79 Å². The van der Waals surface area contributed by atoms with Crippen LogP contribution >= 0.6 is 0 Å². The third-order valence-electron chi connectivity index (χ3n) is 5.28. The standard InChI is InChI=1S/C22H25FN6O2/c1-16(2)29-21(24-25-26-29)15-31-20-9-3-17(4-10-20)22(30)28-13-11-27(12-14-28)19-7-5-18(23)6-8-19/h3-10,16H,11-15H2,1-2H3. The number of rotatable bonds is 6. The number of halogens is 1. The van der Waals surface area contributed by atoms with E-state index in [4.69, 9.17) is 4.74 Å². The lowest BCUT2D eigenvalue weighted by Gasteiger charge is -2.36. The van der Waals surface area contributed by atoms with E-state index in [1.807, 2.05) is 18.7 Å². The molecule has 2 heterocycles. The van der Waals surface area contributed by atoms with Gasteiger partial charge in [0.15, 0.2) is 5.82 Å². The Kier molecular flexibility index (Phi) is 6.11. The molecule has 31 heavy (non-hydrogen) atoms. The molecule has 0 bridgehead atoms. The van der Waals surface area contributed by atoms with Gasteiger partial charge in [-0.05, 0) is 72.8 Å². The number of tetrazole rings is 1. The highest BCUT2D eigenvalue weighted by molar-refractivity contribution is 5.94. The first kappa shape index (κ1) is 20.8. The van der Waals surface area contributed by atoms with Gasteiger partial charge in [0.1, 0.15) is 18.2 Å². The van der Waals surface area contributed by atoms with Gasteiger partial charge in [-0.2, -0.15) is 0 Å². The summed E-state index contributed by atoms with van der Waals surface area (Å²) in [7, 11) is 0. The molecular weight excluding hydrogens is 399 g/mol. The molecule has 1 aliphatic rings. The molecule has 162 valence electrons. The van der Waals surface area contributed by atoms with Crippen LogP contribution in [-0.2, 0) is 6.61 Å². The number of aromatic nitrogens is 4. The molecule has 0 radical (unpaired) electrons. The van der Waals surface area contributed by atoms with Gasteiger partial charge in [-0.25, -0.2) is 9.07 Å². The number of amides is 1. The third-order valence-corrected chi connectivity index (χ3v) is 5.28. The molecule has 3 aromatic rings. The Morgan fingerprint density at radius 2 is 1.71 bits per heavy atom. The molecule has 1 fully saturated rings. The van der Waals surface area contributed by atoms with Gasteiger partial charge in [-0.1, -0.05) is 0 Å². The van der Waals surface area contributed by atoms with Crippen LogP contribution in [0.5, 0.6) is 5.75 Å². The minimum absolute atomic E-state index is 0.00550. The predicted molar refractivity (Wildman–Crippen MR) is 113 cm³/mol. The molecule has 1 saturated heterocycles. The molecule has 0 N–H and O–H groups in total. The van der Waals surface area contributed by atoms with Crippen molar-refractivity contribution in [2.24, 2.45) is 0 Å². The highest BCUT2D eigenvalue weighted by Crippen LogP contribution is 2.19. The highest BCUT2D eigenvalue weighted by Gasteiger charge is 2.22. The van der Waals surface area contributed by atoms with Crippen molar-refractivity contribution in [1.29, 1.82) is 0 Å². The lowest BCUT2D eigenvalue weighted by molar-refractivity contribution is 0.0746. The largest absolute Gasteiger partial charge is 0.486 e. The van der Waals surface area contributed by atoms with Crippen LogP contribution in [0.3, 0.4) is 0 Å². The van der Waals surface area contributed by atoms with Crippen LogP contribution in [0.25, 0.3) is 0 Å². The summed E-state index contributed by atoms with van der Waals surface area (Å²) in [5, 5.41) is 11.6. The lowest BCUT2D eigenvalue weighted by Crippen LogP contribution is -2.48. The molecule has 1 amide bonds.